The molecule has 2 heterocycles. The average Bonchev–Trinajstić information content (AvgIpc) is 3.54. The highest BCUT2D eigenvalue weighted by atomic mass is 35.5. The molecule has 0 saturated heterocycles. The van der Waals surface area contributed by atoms with Gasteiger partial charge in [0.25, 0.3) is 5.91 Å². The molecule has 0 unspecified atom stereocenters. The Morgan fingerprint density at radius 1 is 0.973 bits per heavy atom. The van der Waals surface area contributed by atoms with Crippen molar-refractivity contribution < 1.29 is 9.53 Å². The third-order valence-corrected chi connectivity index (χ3v) is 6.98. The Hall–Kier alpha value is -3.87. The zero-order valence-electron chi connectivity index (χ0n) is 21.0. The standard InChI is InChI=1S/C30H29ClN4O2/c1-33(14-15-37-2)30(36)28-20-34(19-27(28)26-12-7-10-22-8-3-5-11-25(22)26)18-24-16-32-21-35(24)17-23-9-4-6-13-29(23)31/h3-13,16,19-21H,14-15,17-18H2,1-2H3. The van der Waals surface area contributed by atoms with Crippen LogP contribution in [0.2, 0.25) is 5.02 Å². The molecule has 0 atom stereocenters. The van der Waals surface area contributed by atoms with Gasteiger partial charge in [0.2, 0.25) is 0 Å². The third kappa shape index (κ3) is 5.31. The summed E-state index contributed by atoms with van der Waals surface area (Å²) in [6, 6.07) is 22.3. The first kappa shape index (κ1) is 24.8. The SMILES string of the molecule is COCCN(C)C(=O)c1cn(Cc2cncn2Cc2ccccc2Cl)cc1-c1cccc2ccccc12. The normalized spacial score (nSPS) is 11.2. The predicted molar refractivity (Wildman–Crippen MR) is 148 cm³/mol. The molecule has 188 valence electrons. The van der Waals surface area contributed by atoms with Crippen molar-refractivity contribution in [1.82, 2.24) is 19.0 Å². The third-order valence-electron chi connectivity index (χ3n) is 6.61. The van der Waals surface area contributed by atoms with Gasteiger partial charge in [-0.2, -0.15) is 0 Å². The number of hydrogen-bond donors (Lipinski definition) is 0. The van der Waals surface area contributed by atoms with Crippen molar-refractivity contribution in [3.8, 4) is 11.1 Å². The Labute approximate surface area is 221 Å². The molecule has 0 aliphatic rings. The predicted octanol–water partition coefficient (Wildman–Crippen LogP) is 5.97. The number of methoxy groups -OCH3 is 1. The summed E-state index contributed by atoms with van der Waals surface area (Å²) in [5.74, 6) is -0.0386. The lowest BCUT2D eigenvalue weighted by atomic mass is 9.97. The summed E-state index contributed by atoms with van der Waals surface area (Å²) in [4.78, 5) is 19.7. The number of nitrogens with zero attached hydrogens (tertiary/aromatic N) is 4. The molecule has 0 N–H and O–H groups in total. The van der Waals surface area contributed by atoms with E-state index in [4.69, 9.17) is 16.3 Å². The van der Waals surface area contributed by atoms with Gasteiger partial charge in [0.05, 0.1) is 37.3 Å². The fourth-order valence-corrected chi connectivity index (χ4v) is 4.79. The Morgan fingerprint density at radius 3 is 2.59 bits per heavy atom. The van der Waals surface area contributed by atoms with Crippen LogP contribution in [0.3, 0.4) is 0 Å². The highest BCUT2D eigenvalue weighted by molar-refractivity contribution is 6.31. The van der Waals surface area contributed by atoms with Crippen LogP contribution >= 0.6 is 11.6 Å². The molecule has 0 fully saturated rings. The van der Waals surface area contributed by atoms with E-state index in [2.05, 4.69) is 44.6 Å². The summed E-state index contributed by atoms with van der Waals surface area (Å²) in [5, 5.41) is 2.98. The molecule has 1 amide bonds. The smallest absolute Gasteiger partial charge is 0.255 e. The second kappa shape index (κ2) is 11.0. The van der Waals surface area contributed by atoms with Gasteiger partial charge in [-0.1, -0.05) is 72.3 Å². The first-order chi connectivity index (χ1) is 18.0. The van der Waals surface area contributed by atoms with Crippen molar-refractivity contribution in [3.63, 3.8) is 0 Å². The highest BCUT2D eigenvalue weighted by Gasteiger charge is 2.21. The van der Waals surface area contributed by atoms with Crippen molar-refractivity contribution in [2.24, 2.45) is 0 Å². The zero-order valence-corrected chi connectivity index (χ0v) is 21.7. The fraction of sp³-hybridized carbons (Fsp3) is 0.200. The van der Waals surface area contributed by atoms with Crippen LogP contribution in [0.5, 0.6) is 0 Å². The zero-order chi connectivity index (χ0) is 25.8. The van der Waals surface area contributed by atoms with E-state index in [0.717, 1.165) is 38.2 Å². The quantitative estimate of drug-likeness (QED) is 0.244. The molecule has 3 aromatic carbocycles. The number of aromatic nitrogens is 3. The molecule has 2 aromatic heterocycles. The van der Waals surface area contributed by atoms with Gasteiger partial charge in [-0.25, -0.2) is 4.98 Å². The molecule has 7 heteroatoms. The van der Waals surface area contributed by atoms with Gasteiger partial charge < -0.3 is 18.8 Å². The monoisotopic (exact) mass is 512 g/mol. The van der Waals surface area contributed by atoms with Crippen LogP contribution in [0, 0.1) is 0 Å². The van der Waals surface area contributed by atoms with Gasteiger partial charge in [-0.3, -0.25) is 4.79 Å². The summed E-state index contributed by atoms with van der Waals surface area (Å²) < 4.78 is 9.35. The number of rotatable bonds is 9. The topological polar surface area (TPSA) is 52.3 Å². The van der Waals surface area contributed by atoms with Crippen LogP contribution in [-0.4, -0.2) is 52.2 Å². The molecule has 5 rings (SSSR count). The minimum absolute atomic E-state index is 0.0386. The largest absolute Gasteiger partial charge is 0.383 e. The van der Waals surface area contributed by atoms with Crippen LogP contribution in [0.4, 0.5) is 0 Å². The Kier molecular flexibility index (Phi) is 7.40. The van der Waals surface area contributed by atoms with Gasteiger partial charge in [-0.15, -0.1) is 0 Å². The first-order valence-electron chi connectivity index (χ1n) is 12.2. The summed E-state index contributed by atoms with van der Waals surface area (Å²) >= 11 is 6.40. The fourth-order valence-electron chi connectivity index (χ4n) is 4.60. The van der Waals surface area contributed by atoms with E-state index in [1.807, 2.05) is 68.2 Å². The van der Waals surface area contributed by atoms with Gasteiger partial charge in [0.15, 0.2) is 0 Å². The number of imidazole rings is 1. The molecule has 6 nitrogen and oxygen atoms in total. The summed E-state index contributed by atoms with van der Waals surface area (Å²) in [6.07, 6.45) is 7.68. The number of likely N-dealkylation sites (N-methyl/N-ethyl adjacent to an activating group) is 1. The molecular formula is C30H29ClN4O2. The number of halogens is 1. The molecular weight excluding hydrogens is 484 g/mol. The number of carbonyl (C=O) groups is 1. The number of hydrogen-bond acceptors (Lipinski definition) is 3. The van der Waals surface area contributed by atoms with Gasteiger partial charge in [-0.05, 0) is 28.0 Å². The van der Waals surface area contributed by atoms with Gasteiger partial charge in [0, 0.05) is 49.9 Å². The number of benzene rings is 3. The maximum atomic E-state index is 13.6. The lowest BCUT2D eigenvalue weighted by Gasteiger charge is -2.17. The van der Waals surface area contributed by atoms with Crippen LogP contribution in [0.1, 0.15) is 21.6 Å². The average molecular weight is 513 g/mol. The molecule has 0 saturated carbocycles. The van der Waals surface area contributed by atoms with Crippen molar-refractivity contribution >= 4 is 28.3 Å². The summed E-state index contributed by atoms with van der Waals surface area (Å²) in [7, 11) is 3.45. The Morgan fingerprint density at radius 2 is 1.76 bits per heavy atom. The van der Waals surface area contributed by atoms with Crippen LogP contribution in [-0.2, 0) is 17.8 Å². The van der Waals surface area contributed by atoms with Crippen molar-refractivity contribution in [1.29, 1.82) is 0 Å². The second-order valence-electron chi connectivity index (χ2n) is 9.11. The lowest BCUT2D eigenvalue weighted by Crippen LogP contribution is -2.30. The number of fused-ring (bicyclic) bond motifs is 1. The van der Waals surface area contributed by atoms with Crippen LogP contribution in [0.15, 0.2) is 91.6 Å². The van der Waals surface area contributed by atoms with Crippen molar-refractivity contribution in [2.45, 2.75) is 13.1 Å². The van der Waals surface area contributed by atoms with E-state index < -0.39 is 0 Å². The van der Waals surface area contributed by atoms with Gasteiger partial charge >= 0.3 is 0 Å². The van der Waals surface area contributed by atoms with Crippen molar-refractivity contribution in [2.75, 3.05) is 27.3 Å². The number of carbonyl (C=O) groups excluding carboxylic acids is 1. The summed E-state index contributed by atoms with van der Waals surface area (Å²) in [6.45, 7) is 2.18. The van der Waals surface area contributed by atoms with Crippen LogP contribution < -0.4 is 0 Å². The molecule has 0 aliphatic heterocycles. The Balaban J connectivity index is 1.53. The molecule has 0 aliphatic carbocycles. The summed E-state index contributed by atoms with van der Waals surface area (Å²) in [5.41, 5.74) is 4.65. The first-order valence-corrected chi connectivity index (χ1v) is 12.6. The van der Waals surface area contributed by atoms with E-state index in [-0.39, 0.29) is 5.91 Å². The van der Waals surface area contributed by atoms with E-state index in [1.165, 1.54) is 0 Å². The number of amides is 1. The minimum atomic E-state index is -0.0386. The lowest BCUT2D eigenvalue weighted by molar-refractivity contribution is 0.0745. The molecule has 37 heavy (non-hydrogen) atoms. The second-order valence-corrected chi connectivity index (χ2v) is 9.52. The number of ether oxygens (including phenoxy) is 1. The molecule has 0 bridgehead atoms. The van der Waals surface area contributed by atoms with Gasteiger partial charge in [0.1, 0.15) is 0 Å². The minimum Gasteiger partial charge on any atom is -0.383 e. The van der Waals surface area contributed by atoms with E-state index in [1.54, 1.807) is 12.0 Å². The Bertz CT molecular complexity index is 1530. The molecule has 5 aromatic rings. The van der Waals surface area contributed by atoms with E-state index in [9.17, 15) is 4.79 Å². The molecule has 0 spiro atoms. The van der Waals surface area contributed by atoms with Crippen molar-refractivity contribution in [3.05, 3.63) is 113 Å². The van der Waals surface area contributed by atoms with Crippen LogP contribution in [0.25, 0.3) is 21.9 Å². The maximum absolute atomic E-state index is 13.6. The van der Waals surface area contributed by atoms with E-state index >= 15 is 0 Å². The highest BCUT2D eigenvalue weighted by Crippen LogP contribution is 2.32. The molecule has 0 radical (unpaired) electrons. The van der Waals surface area contributed by atoms with E-state index in [0.29, 0.717) is 31.8 Å². The maximum Gasteiger partial charge on any atom is 0.255 e.